The van der Waals surface area contributed by atoms with Gasteiger partial charge in [0.25, 0.3) is 10.1 Å². The number of aryl methyl sites for hydroxylation is 1. The molecule has 0 bridgehead atoms. The highest BCUT2D eigenvalue weighted by Gasteiger charge is 2.29. The molecule has 2 heterocycles. The number of hydrogen-bond acceptors (Lipinski definition) is 4. The number of carboxylic acid groups (broad SMARTS) is 1. The Morgan fingerprint density at radius 2 is 1.97 bits per heavy atom. The van der Waals surface area contributed by atoms with Crippen molar-refractivity contribution in [1.29, 1.82) is 0 Å². The molecule has 32 heavy (non-hydrogen) atoms. The van der Waals surface area contributed by atoms with E-state index in [1.165, 1.54) is 29.2 Å². The molecule has 9 heteroatoms. The van der Waals surface area contributed by atoms with Crippen LogP contribution in [0.15, 0.2) is 53.6 Å². The lowest BCUT2D eigenvalue weighted by Crippen LogP contribution is -2.35. The number of likely N-dealkylation sites (tertiary alicyclic amines) is 1. The summed E-state index contributed by atoms with van der Waals surface area (Å²) in [7, 11) is -3.90. The van der Waals surface area contributed by atoms with E-state index in [1.54, 1.807) is 22.8 Å². The highest BCUT2D eigenvalue weighted by molar-refractivity contribution is 7.86. The average molecular weight is 461 g/mol. The standard InChI is InChI=1S/C23H25FN2O5S/c1-16-4-7-20(8-5-16)32(29,30)31-12-11-25-15-17(21-9-6-18(24)14-22(21)25)13-19-3-2-10-26(19)23(27)28/h4-9,14-15,19H,2-3,10-13H2,1H3,(H,27,28). The molecule has 2 aromatic carbocycles. The second kappa shape index (κ2) is 8.91. The van der Waals surface area contributed by atoms with Crippen LogP contribution < -0.4 is 0 Å². The first kappa shape index (κ1) is 22.3. The SMILES string of the molecule is Cc1ccc(S(=O)(=O)OCCn2cc(CC3CCCN3C(=O)O)c3ccc(F)cc32)cc1. The van der Waals surface area contributed by atoms with Crippen LogP contribution in [0.4, 0.5) is 9.18 Å². The number of benzene rings is 2. The van der Waals surface area contributed by atoms with Gasteiger partial charge in [-0.1, -0.05) is 17.7 Å². The van der Waals surface area contributed by atoms with Crippen molar-refractivity contribution in [2.24, 2.45) is 0 Å². The molecule has 4 rings (SSSR count). The van der Waals surface area contributed by atoms with Gasteiger partial charge in [0, 0.05) is 30.7 Å². The summed E-state index contributed by atoms with van der Waals surface area (Å²) in [6.45, 7) is 2.48. The largest absolute Gasteiger partial charge is 0.465 e. The number of fused-ring (bicyclic) bond motifs is 1. The van der Waals surface area contributed by atoms with E-state index in [4.69, 9.17) is 4.18 Å². The summed E-state index contributed by atoms with van der Waals surface area (Å²) in [5.74, 6) is -0.398. The molecule has 1 aliphatic heterocycles. The first-order valence-electron chi connectivity index (χ1n) is 10.5. The summed E-state index contributed by atoms with van der Waals surface area (Å²) < 4.78 is 45.8. The fourth-order valence-electron chi connectivity index (χ4n) is 4.26. The Kier molecular flexibility index (Phi) is 6.21. The molecule has 1 N–H and O–H groups in total. The summed E-state index contributed by atoms with van der Waals surface area (Å²) in [6, 6.07) is 10.7. The van der Waals surface area contributed by atoms with E-state index in [1.807, 2.05) is 13.1 Å². The van der Waals surface area contributed by atoms with Crippen molar-refractivity contribution in [3.8, 4) is 0 Å². The second-order valence-electron chi connectivity index (χ2n) is 8.07. The third kappa shape index (κ3) is 4.63. The Labute approximate surface area is 186 Å². The van der Waals surface area contributed by atoms with Crippen molar-refractivity contribution < 1.29 is 26.9 Å². The molecule has 1 unspecified atom stereocenters. The minimum atomic E-state index is -3.90. The Morgan fingerprint density at radius 1 is 1.22 bits per heavy atom. The van der Waals surface area contributed by atoms with Gasteiger partial charge in [-0.15, -0.1) is 0 Å². The molecule has 0 spiro atoms. The van der Waals surface area contributed by atoms with Gasteiger partial charge in [-0.05, 0) is 62.1 Å². The lowest BCUT2D eigenvalue weighted by Gasteiger charge is -2.21. The van der Waals surface area contributed by atoms with Crippen LogP contribution in [-0.4, -0.2) is 48.3 Å². The zero-order valence-electron chi connectivity index (χ0n) is 17.7. The van der Waals surface area contributed by atoms with Crippen molar-refractivity contribution in [1.82, 2.24) is 9.47 Å². The molecule has 1 amide bonds. The minimum Gasteiger partial charge on any atom is -0.465 e. The van der Waals surface area contributed by atoms with E-state index in [0.29, 0.717) is 18.5 Å². The smallest absolute Gasteiger partial charge is 0.407 e. The summed E-state index contributed by atoms with van der Waals surface area (Å²) >= 11 is 0. The lowest BCUT2D eigenvalue weighted by atomic mass is 10.0. The van der Waals surface area contributed by atoms with E-state index in [9.17, 15) is 22.7 Å². The first-order valence-corrected chi connectivity index (χ1v) is 11.9. The van der Waals surface area contributed by atoms with Gasteiger partial charge < -0.3 is 14.6 Å². The maximum absolute atomic E-state index is 13.9. The van der Waals surface area contributed by atoms with Crippen molar-refractivity contribution in [2.45, 2.75) is 43.7 Å². The van der Waals surface area contributed by atoms with Crippen molar-refractivity contribution in [3.05, 3.63) is 65.6 Å². The fraction of sp³-hybridized carbons (Fsp3) is 0.348. The molecule has 170 valence electrons. The highest BCUT2D eigenvalue weighted by Crippen LogP contribution is 2.28. The molecule has 0 saturated carbocycles. The van der Waals surface area contributed by atoms with Gasteiger partial charge in [0.2, 0.25) is 0 Å². The Balaban J connectivity index is 1.53. The van der Waals surface area contributed by atoms with E-state index >= 15 is 0 Å². The lowest BCUT2D eigenvalue weighted by molar-refractivity contribution is 0.140. The van der Waals surface area contributed by atoms with Crippen LogP contribution in [0.25, 0.3) is 10.9 Å². The zero-order chi connectivity index (χ0) is 22.9. The van der Waals surface area contributed by atoms with E-state index in [-0.39, 0.29) is 24.1 Å². The number of aromatic nitrogens is 1. The van der Waals surface area contributed by atoms with Crippen LogP contribution in [0.2, 0.25) is 0 Å². The molecule has 1 aromatic heterocycles. The molecule has 0 aliphatic carbocycles. The maximum atomic E-state index is 13.9. The molecule has 3 aromatic rings. The van der Waals surface area contributed by atoms with Gasteiger partial charge in [-0.3, -0.25) is 4.18 Å². The summed E-state index contributed by atoms with van der Waals surface area (Å²) in [6.07, 6.45) is 3.01. The number of nitrogens with zero attached hydrogens (tertiary/aromatic N) is 2. The van der Waals surface area contributed by atoms with Crippen molar-refractivity contribution in [3.63, 3.8) is 0 Å². The topological polar surface area (TPSA) is 88.8 Å². The quantitative estimate of drug-likeness (QED) is 0.535. The number of rotatable bonds is 7. The first-order chi connectivity index (χ1) is 15.2. The van der Waals surface area contributed by atoms with E-state index in [0.717, 1.165) is 29.4 Å². The van der Waals surface area contributed by atoms with Crippen LogP contribution in [0.1, 0.15) is 24.0 Å². The molecule has 1 aliphatic rings. The number of amides is 1. The zero-order valence-corrected chi connectivity index (χ0v) is 18.5. The minimum absolute atomic E-state index is 0.0854. The van der Waals surface area contributed by atoms with Crippen LogP contribution in [0.5, 0.6) is 0 Å². The molecule has 1 atom stereocenters. The predicted octanol–water partition coefficient (Wildman–Crippen LogP) is 4.18. The Morgan fingerprint density at radius 3 is 2.69 bits per heavy atom. The Bertz CT molecular complexity index is 1240. The predicted molar refractivity (Wildman–Crippen MR) is 118 cm³/mol. The van der Waals surface area contributed by atoms with Crippen molar-refractivity contribution >= 4 is 27.1 Å². The highest BCUT2D eigenvalue weighted by atomic mass is 32.2. The number of halogens is 1. The maximum Gasteiger partial charge on any atom is 0.407 e. The third-order valence-electron chi connectivity index (χ3n) is 5.89. The monoisotopic (exact) mass is 460 g/mol. The van der Waals surface area contributed by atoms with E-state index < -0.39 is 22.0 Å². The van der Waals surface area contributed by atoms with Crippen LogP contribution in [0.3, 0.4) is 0 Å². The van der Waals surface area contributed by atoms with E-state index in [2.05, 4.69) is 0 Å². The molecule has 0 radical (unpaired) electrons. The molecule has 1 saturated heterocycles. The summed E-state index contributed by atoms with van der Waals surface area (Å²) in [5.41, 5.74) is 2.47. The number of hydrogen-bond donors (Lipinski definition) is 1. The normalized spacial score (nSPS) is 16.7. The van der Waals surface area contributed by atoms with Crippen LogP contribution in [0, 0.1) is 12.7 Å². The molecule has 1 fully saturated rings. The Hall–Kier alpha value is -2.91. The van der Waals surface area contributed by atoms with Crippen LogP contribution in [-0.2, 0) is 27.3 Å². The van der Waals surface area contributed by atoms with Gasteiger partial charge in [-0.2, -0.15) is 8.42 Å². The summed E-state index contributed by atoms with van der Waals surface area (Å²) in [5, 5.41) is 10.2. The fourth-order valence-corrected chi connectivity index (χ4v) is 5.16. The second-order valence-corrected chi connectivity index (χ2v) is 9.69. The van der Waals surface area contributed by atoms with Crippen molar-refractivity contribution in [2.75, 3.05) is 13.2 Å². The van der Waals surface area contributed by atoms with Gasteiger partial charge in [0.05, 0.1) is 17.0 Å². The van der Waals surface area contributed by atoms with Gasteiger partial charge in [0.15, 0.2) is 0 Å². The summed E-state index contributed by atoms with van der Waals surface area (Å²) in [4.78, 5) is 13.0. The number of carbonyl (C=O) groups is 1. The van der Waals surface area contributed by atoms with Crippen LogP contribution >= 0.6 is 0 Å². The van der Waals surface area contributed by atoms with Gasteiger partial charge in [0.1, 0.15) is 5.82 Å². The molecular formula is C23H25FN2O5S. The molecular weight excluding hydrogens is 435 g/mol. The van der Waals surface area contributed by atoms with Gasteiger partial charge in [-0.25, -0.2) is 9.18 Å². The third-order valence-corrected chi connectivity index (χ3v) is 7.21. The average Bonchev–Trinajstić information content (AvgIpc) is 3.33. The van der Waals surface area contributed by atoms with Gasteiger partial charge >= 0.3 is 6.09 Å². The molecule has 7 nitrogen and oxygen atoms in total.